The van der Waals surface area contributed by atoms with Crippen molar-refractivity contribution < 1.29 is 48.0 Å². The van der Waals surface area contributed by atoms with Crippen LogP contribution in [0.15, 0.2) is 0 Å². The van der Waals surface area contributed by atoms with Crippen LogP contribution in [-0.4, -0.2) is 99.7 Å². The lowest BCUT2D eigenvalue weighted by atomic mass is 10.0. The molecule has 2 unspecified atom stereocenters. The Balaban J connectivity index is 1.48. The van der Waals surface area contributed by atoms with Crippen LogP contribution >= 0.6 is 0 Å². The van der Waals surface area contributed by atoms with E-state index in [1.54, 1.807) is 11.9 Å². The fraction of sp³-hybridized carbons (Fsp3) is 0.680. The van der Waals surface area contributed by atoms with Gasteiger partial charge in [0, 0.05) is 58.3 Å². The van der Waals surface area contributed by atoms with E-state index in [-0.39, 0.29) is 82.1 Å². The molecule has 0 saturated carbocycles. The molecule has 3 fully saturated rings. The Bertz CT molecular complexity index is 977. The van der Waals surface area contributed by atoms with Crippen LogP contribution in [0.4, 0.5) is 4.79 Å². The van der Waals surface area contributed by atoms with E-state index in [4.69, 9.17) is 9.68 Å². The minimum Gasteiger partial charge on any atom is -0.342 e. The van der Waals surface area contributed by atoms with Crippen molar-refractivity contribution in [3.05, 3.63) is 0 Å². The highest BCUT2D eigenvalue weighted by molar-refractivity contribution is 6.02. The summed E-state index contributed by atoms with van der Waals surface area (Å²) in [6.45, 7) is 1.64. The number of nitrogens with zero attached hydrogens (tertiary/aromatic N) is 4. The van der Waals surface area contributed by atoms with E-state index in [9.17, 15) is 38.4 Å². The first-order valence-electron chi connectivity index (χ1n) is 13.4. The lowest BCUT2D eigenvalue weighted by Gasteiger charge is -2.23. The number of nitrogens with one attached hydrogen (secondary N) is 1. The Labute approximate surface area is 230 Å². The topological polar surface area (TPSA) is 180 Å². The third-order valence-electron chi connectivity index (χ3n) is 7.06. The normalized spacial score (nSPS) is 20.9. The first-order chi connectivity index (χ1) is 19.0. The molecule has 0 bridgehead atoms. The molecular weight excluding hydrogens is 530 g/mol. The average molecular weight is 566 g/mol. The molecule has 2 atom stereocenters. The van der Waals surface area contributed by atoms with Crippen LogP contribution in [0.25, 0.3) is 0 Å². The number of hydroxylamine groups is 4. The van der Waals surface area contributed by atoms with Gasteiger partial charge in [-0.1, -0.05) is 12.8 Å². The van der Waals surface area contributed by atoms with Crippen LogP contribution < -0.4 is 5.32 Å². The summed E-state index contributed by atoms with van der Waals surface area (Å²) in [5, 5.41) is 3.70. The average Bonchev–Trinajstić information content (AvgIpc) is 3.48. The first-order valence-corrected chi connectivity index (χ1v) is 13.4. The SMILES string of the molecule is CC1NC(=O)N(C)C1CCCCCC(=O)N(CCC(=O)ON1C(=O)CCC1=O)CCC(=O)ON1C(=O)CCC1=O. The monoisotopic (exact) mass is 565 g/mol. The zero-order valence-electron chi connectivity index (χ0n) is 22.7. The van der Waals surface area contributed by atoms with E-state index in [0.29, 0.717) is 23.0 Å². The number of unbranched alkanes of at least 4 members (excludes halogenated alkanes) is 2. The molecule has 220 valence electrons. The summed E-state index contributed by atoms with van der Waals surface area (Å²) < 4.78 is 0. The van der Waals surface area contributed by atoms with Crippen LogP contribution in [0.3, 0.4) is 0 Å². The van der Waals surface area contributed by atoms with Crippen molar-refractivity contribution in [1.82, 2.24) is 25.2 Å². The van der Waals surface area contributed by atoms with Crippen molar-refractivity contribution >= 4 is 47.5 Å². The maximum absolute atomic E-state index is 13.0. The summed E-state index contributed by atoms with van der Waals surface area (Å²) in [5.41, 5.74) is 0. The van der Waals surface area contributed by atoms with Gasteiger partial charge in [0.2, 0.25) is 5.91 Å². The number of hydrogen-bond donors (Lipinski definition) is 1. The Morgan fingerprint density at radius 1 is 0.775 bits per heavy atom. The molecule has 0 aromatic carbocycles. The van der Waals surface area contributed by atoms with Crippen molar-refractivity contribution in [3.8, 4) is 0 Å². The Hall–Kier alpha value is -4.04. The van der Waals surface area contributed by atoms with Crippen LogP contribution in [-0.2, 0) is 43.2 Å². The van der Waals surface area contributed by atoms with Crippen LogP contribution in [0.5, 0.6) is 0 Å². The number of hydrogen-bond acceptors (Lipinski definition) is 10. The third-order valence-corrected chi connectivity index (χ3v) is 7.06. The molecule has 3 aliphatic rings. The molecule has 0 spiro atoms. The molecule has 3 rings (SSSR count). The van der Waals surface area contributed by atoms with Gasteiger partial charge in [0.25, 0.3) is 23.6 Å². The van der Waals surface area contributed by atoms with Crippen LogP contribution in [0.1, 0.15) is 77.6 Å². The zero-order valence-corrected chi connectivity index (χ0v) is 22.7. The molecule has 15 nitrogen and oxygen atoms in total. The maximum Gasteiger partial charge on any atom is 0.334 e. The van der Waals surface area contributed by atoms with Gasteiger partial charge in [-0.25, -0.2) is 14.4 Å². The van der Waals surface area contributed by atoms with Gasteiger partial charge < -0.3 is 24.8 Å². The maximum atomic E-state index is 13.0. The zero-order chi connectivity index (χ0) is 29.4. The number of urea groups is 1. The third kappa shape index (κ3) is 7.99. The summed E-state index contributed by atoms with van der Waals surface area (Å²) >= 11 is 0. The molecular formula is C25H35N5O10. The van der Waals surface area contributed by atoms with Gasteiger partial charge in [-0.05, 0) is 19.8 Å². The summed E-state index contributed by atoms with van der Waals surface area (Å²) in [5.74, 6) is -4.63. The lowest BCUT2D eigenvalue weighted by molar-refractivity contribution is -0.198. The van der Waals surface area contributed by atoms with Crippen molar-refractivity contribution in [2.75, 3.05) is 20.1 Å². The molecule has 3 saturated heterocycles. The van der Waals surface area contributed by atoms with Gasteiger partial charge in [0.15, 0.2) is 0 Å². The lowest BCUT2D eigenvalue weighted by Crippen LogP contribution is -2.38. The van der Waals surface area contributed by atoms with Crippen LogP contribution in [0.2, 0.25) is 0 Å². The van der Waals surface area contributed by atoms with E-state index in [1.165, 1.54) is 4.90 Å². The molecule has 1 N–H and O–H groups in total. The fourth-order valence-electron chi connectivity index (χ4n) is 4.71. The number of carbonyl (C=O) groups is 8. The van der Waals surface area contributed by atoms with Gasteiger partial charge in [-0.2, -0.15) is 0 Å². The minimum atomic E-state index is -0.893. The predicted octanol–water partition coefficient (Wildman–Crippen LogP) is 0.172. The van der Waals surface area contributed by atoms with Crippen molar-refractivity contribution in [2.45, 2.75) is 89.6 Å². The van der Waals surface area contributed by atoms with Gasteiger partial charge in [-0.3, -0.25) is 24.0 Å². The Morgan fingerprint density at radius 2 is 1.25 bits per heavy atom. The van der Waals surface area contributed by atoms with Crippen molar-refractivity contribution in [1.29, 1.82) is 0 Å². The van der Waals surface area contributed by atoms with Gasteiger partial charge in [0.05, 0.1) is 18.9 Å². The highest BCUT2D eigenvalue weighted by atomic mass is 16.7. The molecule has 3 heterocycles. The standard InChI is InChI=1S/C25H35N5O10/c1-16-17(27(2)25(38)26-16)6-4-3-5-7-18(31)28(14-12-23(36)39-29-19(32)8-9-20(29)33)15-13-24(37)40-30-21(34)10-11-22(30)35/h16-17H,3-15H2,1-2H3,(H,26,38). The van der Waals surface area contributed by atoms with Crippen molar-refractivity contribution in [3.63, 3.8) is 0 Å². The second-order valence-corrected chi connectivity index (χ2v) is 9.99. The quantitative estimate of drug-likeness (QED) is 0.225. The van der Waals surface area contributed by atoms with E-state index < -0.39 is 35.6 Å². The number of rotatable bonds is 14. The first kappa shape index (κ1) is 30.5. The molecule has 7 amide bonds. The van der Waals surface area contributed by atoms with E-state index in [1.807, 2.05) is 6.92 Å². The van der Waals surface area contributed by atoms with E-state index in [0.717, 1.165) is 12.8 Å². The summed E-state index contributed by atoms with van der Waals surface area (Å²) in [4.78, 5) is 109. The predicted molar refractivity (Wildman–Crippen MR) is 133 cm³/mol. The highest BCUT2D eigenvalue weighted by Gasteiger charge is 2.35. The van der Waals surface area contributed by atoms with Crippen molar-refractivity contribution in [2.24, 2.45) is 0 Å². The summed E-state index contributed by atoms with van der Waals surface area (Å²) in [6.07, 6.45) is 2.05. The molecule has 0 radical (unpaired) electrons. The molecule has 0 aliphatic carbocycles. The molecule has 0 aromatic heterocycles. The number of carbonyl (C=O) groups excluding carboxylic acids is 8. The van der Waals surface area contributed by atoms with Gasteiger partial charge >= 0.3 is 18.0 Å². The second kappa shape index (κ2) is 13.8. The van der Waals surface area contributed by atoms with Crippen LogP contribution in [0, 0.1) is 0 Å². The number of imide groups is 2. The fourth-order valence-corrected chi connectivity index (χ4v) is 4.71. The highest BCUT2D eigenvalue weighted by Crippen LogP contribution is 2.19. The Kier molecular flexibility index (Phi) is 10.6. The van der Waals surface area contributed by atoms with E-state index >= 15 is 0 Å². The van der Waals surface area contributed by atoms with Gasteiger partial charge in [0.1, 0.15) is 0 Å². The Morgan fingerprint density at radius 3 is 1.68 bits per heavy atom. The smallest absolute Gasteiger partial charge is 0.334 e. The largest absolute Gasteiger partial charge is 0.342 e. The molecule has 15 heteroatoms. The minimum absolute atomic E-state index is 0.0337. The van der Waals surface area contributed by atoms with Gasteiger partial charge in [-0.15, -0.1) is 10.1 Å². The molecule has 0 aromatic rings. The summed E-state index contributed by atoms with van der Waals surface area (Å²) in [7, 11) is 1.74. The van der Waals surface area contributed by atoms with E-state index in [2.05, 4.69) is 5.32 Å². The second-order valence-electron chi connectivity index (χ2n) is 9.99. The number of amides is 7. The molecule has 3 aliphatic heterocycles. The summed E-state index contributed by atoms with van der Waals surface area (Å²) in [6, 6.07) is -0.0100. The molecule has 40 heavy (non-hydrogen) atoms. The number of likely N-dealkylation sites (N-methyl/N-ethyl adjacent to an activating group) is 1.